The number of hydrogen-bond donors (Lipinski definition) is 1. The standard InChI is InChI=1S/C29H31FN4O/c1-3-26-27(34-16-4-5-25(30)28(34)32-26)29(35)31-19-21-8-12-24(13-9-21)33-17-14-23(15-18-33)22-10-6-20(2)7-11-22/h4-13,16,23H,3,14-15,17-19H2,1-2H3,(H,31,35). The van der Waals surface area contributed by atoms with Crippen LogP contribution in [0.3, 0.4) is 0 Å². The number of anilines is 1. The molecule has 0 unspecified atom stereocenters. The van der Waals surface area contributed by atoms with Crippen LogP contribution in [0.1, 0.15) is 58.6 Å². The highest BCUT2D eigenvalue weighted by Crippen LogP contribution is 2.30. The van der Waals surface area contributed by atoms with E-state index in [1.165, 1.54) is 27.3 Å². The van der Waals surface area contributed by atoms with Crippen molar-refractivity contribution in [1.82, 2.24) is 14.7 Å². The van der Waals surface area contributed by atoms with Gasteiger partial charge in [0.1, 0.15) is 5.69 Å². The van der Waals surface area contributed by atoms with Gasteiger partial charge in [0, 0.05) is 31.5 Å². The number of piperidine rings is 1. The Morgan fingerprint density at radius 3 is 2.46 bits per heavy atom. The first kappa shape index (κ1) is 23.1. The molecule has 1 aliphatic rings. The van der Waals surface area contributed by atoms with Crippen molar-refractivity contribution in [2.24, 2.45) is 0 Å². The van der Waals surface area contributed by atoms with Crippen LogP contribution in [0.2, 0.25) is 0 Å². The van der Waals surface area contributed by atoms with E-state index in [-0.39, 0.29) is 11.6 Å². The van der Waals surface area contributed by atoms with Gasteiger partial charge in [0.2, 0.25) is 0 Å². The number of halogens is 1. The molecule has 1 saturated heterocycles. The van der Waals surface area contributed by atoms with Gasteiger partial charge in [-0.1, -0.05) is 48.9 Å². The number of imidazole rings is 1. The van der Waals surface area contributed by atoms with Gasteiger partial charge < -0.3 is 10.2 Å². The number of carbonyl (C=O) groups is 1. The fraction of sp³-hybridized carbons (Fsp3) is 0.310. The van der Waals surface area contributed by atoms with Crippen molar-refractivity contribution in [1.29, 1.82) is 0 Å². The van der Waals surface area contributed by atoms with Gasteiger partial charge in [-0.15, -0.1) is 0 Å². The number of rotatable bonds is 6. The summed E-state index contributed by atoms with van der Waals surface area (Å²) in [4.78, 5) is 19.7. The fourth-order valence-corrected chi connectivity index (χ4v) is 4.97. The van der Waals surface area contributed by atoms with E-state index >= 15 is 0 Å². The Kier molecular flexibility index (Phi) is 6.53. The minimum Gasteiger partial charge on any atom is -0.371 e. The maximum absolute atomic E-state index is 14.1. The normalized spacial score (nSPS) is 14.4. The van der Waals surface area contributed by atoms with E-state index in [1.54, 1.807) is 12.3 Å². The van der Waals surface area contributed by atoms with E-state index in [1.807, 2.05) is 6.92 Å². The predicted molar refractivity (Wildman–Crippen MR) is 138 cm³/mol. The number of aryl methyl sites for hydroxylation is 2. The van der Waals surface area contributed by atoms with E-state index in [4.69, 9.17) is 0 Å². The zero-order valence-electron chi connectivity index (χ0n) is 20.3. The third-order valence-corrected chi connectivity index (χ3v) is 7.02. The zero-order chi connectivity index (χ0) is 24.4. The lowest BCUT2D eigenvalue weighted by Gasteiger charge is -2.34. The fourth-order valence-electron chi connectivity index (χ4n) is 4.97. The topological polar surface area (TPSA) is 49.6 Å². The SMILES string of the molecule is CCc1nc2c(F)cccn2c1C(=O)NCc1ccc(N2CCC(c3ccc(C)cc3)CC2)cc1. The van der Waals surface area contributed by atoms with E-state index in [0.29, 0.717) is 30.3 Å². The van der Waals surface area contributed by atoms with Crippen molar-refractivity contribution in [3.63, 3.8) is 0 Å². The van der Waals surface area contributed by atoms with Crippen LogP contribution in [0.15, 0.2) is 66.9 Å². The molecule has 5 nitrogen and oxygen atoms in total. The average Bonchev–Trinajstić information content (AvgIpc) is 3.28. The number of nitrogens with zero attached hydrogens (tertiary/aromatic N) is 3. The molecule has 6 heteroatoms. The minimum atomic E-state index is -0.431. The van der Waals surface area contributed by atoms with Crippen molar-refractivity contribution in [3.05, 3.63) is 101 Å². The number of fused-ring (bicyclic) bond motifs is 1. The minimum absolute atomic E-state index is 0.185. The van der Waals surface area contributed by atoms with Crippen LogP contribution in [0.25, 0.3) is 5.65 Å². The molecule has 5 rings (SSSR count). The van der Waals surface area contributed by atoms with Crippen LogP contribution in [-0.4, -0.2) is 28.4 Å². The van der Waals surface area contributed by atoms with Crippen molar-refractivity contribution in [2.45, 2.75) is 45.6 Å². The Morgan fingerprint density at radius 2 is 1.77 bits per heavy atom. The molecule has 180 valence electrons. The number of aromatic nitrogens is 2. The van der Waals surface area contributed by atoms with Crippen molar-refractivity contribution >= 4 is 17.2 Å². The van der Waals surface area contributed by atoms with Crippen LogP contribution in [-0.2, 0) is 13.0 Å². The molecule has 1 N–H and O–H groups in total. The molecule has 0 atom stereocenters. The third-order valence-electron chi connectivity index (χ3n) is 7.02. The maximum Gasteiger partial charge on any atom is 0.270 e. The Hall–Kier alpha value is -3.67. The number of pyridine rings is 1. The molecular weight excluding hydrogens is 439 g/mol. The summed E-state index contributed by atoms with van der Waals surface area (Å²) in [6.07, 6.45) is 4.54. The van der Waals surface area contributed by atoms with Gasteiger partial charge in [0.15, 0.2) is 11.5 Å². The summed E-state index contributed by atoms with van der Waals surface area (Å²) in [6.45, 7) is 6.53. The molecule has 1 fully saturated rings. The van der Waals surface area contributed by atoms with E-state index in [9.17, 15) is 9.18 Å². The average molecular weight is 471 g/mol. The van der Waals surface area contributed by atoms with Crippen molar-refractivity contribution < 1.29 is 9.18 Å². The van der Waals surface area contributed by atoms with Crippen LogP contribution in [0, 0.1) is 12.7 Å². The molecule has 0 bridgehead atoms. The predicted octanol–water partition coefficient (Wildman–Crippen LogP) is 5.66. The van der Waals surface area contributed by atoms with Gasteiger partial charge in [-0.25, -0.2) is 9.37 Å². The second-order valence-corrected chi connectivity index (χ2v) is 9.33. The Bertz CT molecular complexity index is 1320. The highest BCUT2D eigenvalue weighted by molar-refractivity contribution is 5.94. The van der Waals surface area contributed by atoms with Crippen molar-refractivity contribution in [2.75, 3.05) is 18.0 Å². The lowest BCUT2D eigenvalue weighted by Crippen LogP contribution is -2.32. The summed E-state index contributed by atoms with van der Waals surface area (Å²) < 4.78 is 15.7. The third kappa shape index (κ3) is 4.78. The summed E-state index contributed by atoms with van der Waals surface area (Å²) in [6, 6.07) is 20.3. The number of amides is 1. The molecule has 1 amide bonds. The molecule has 0 spiro atoms. The maximum atomic E-state index is 14.1. The van der Waals surface area contributed by atoms with E-state index < -0.39 is 5.82 Å². The second kappa shape index (κ2) is 9.90. The van der Waals surface area contributed by atoms with Gasteiger partial charge in [0.25, 0.3) is 5.91 Å². The lowest BCUT2D eigenvalue weighted by atomic mass is 9.89. The van der Waals surface area contributed by atoms with Gasteiger partial charge in [0.05, 0.1) is 5.69 Å². The second-order valence-electron chi connectivity index (χ2n) is 9.33. The molecule has 0 saturated carbocycles. The zero-order valence-corrected chi connectivity index (χ0v) is 20.3. The van der Waals surface area contributed by atoms with Gasteiger partial charge >= 0.3 is 0 Å². The Labute approximate surface area is 205 Å². The molecule has 2 aromatic heterocycles. The quantitative estimate of drug-likeness (QED) is 0.396. The summed E-state index contributed by atoms with van der Waals surface area (Å²) in [5.74, 6) is -0.0515. The van der Waals surface area contributed by atoms with Crippen LogP contribution in [0.5, 0.6) is 0 Å². The molecule has 1 aliphatic heterocycles. The monoisotopic (exact) mass is 470 g/mol. The van der Waals surface area contributed by atoms with Crippen LogP contribution in [0.4, 0.5) is 10.1 Å². The first-order valence-electron chi connectivity index (χ1n) is 12.4. The highest BCUT2D eigenvalue weighted by atomic mass is 19.1. The molecule has 0 radical (unpaired) electrons. The Balaban J connectivity index is 1.20. The summed E-state index contributed by atoms with van der Waals surface area (Å²) in [5.41, 5.74) is 6.17. The molecular formula is C29H31FN4O. The molecule has 2 aromatic carbocycles. The molecule has 0 aliphatic carbocycles. The number of nitrogens with one attached hydrogen (secondary N) is 1. The van der Waals surface area contributed by atoms with E-state index in [2.05, 4.69) is 70.7 Å². The summed E-state index contributed by atoms with van der Waals surface area (Å²) in [7, 11) is 0. The van der Waals surface area contributed by atoms with Gasteiger partial charge in [-0.05, 0) is 67.5 Å². The highest BCUT2D eigenvalue weighted by Gasteiger charge is 2.22. The lowest BCUT2D eigenvalue weighted by molar-refractivity contribution is 0.0944. The Morgan fingerprint density at radius 1 is 1.06 bits per heavy atom. The van der Waals surface area contributed by atoms with Crippen LogP contribution < -0.4 is 10.2 Å². The van der Waals surface area contributed by atoms with Gasteiger partial charge in [-0.3, -0.25) is 9.20 Å². The van der Waals surface area contributed by atoms with Gasteiger partial charge in [-0.2, -0.15) is 0 Å². The van der Waals surface area contributed by atoms with Crippen molar-refractivity contribution in [3.8, 4) is 0 Å². The molecule has 35 heavy (non-hydrogen) atoms. The smallest absolute Gasteiger partial charge is 0.270 e. The first-order chi connectivity index (χ1) is 17.0. The van der Waals surface area contributed by atoms with E-state index in [0.717, 1.165) is 31.5 Å². The number of hydrogen-bond acceptors (Lipinski definition) is 3. The first-order valence-corrected chi connectivity index (χ1v) is 12.4. The summed E-state index contributed by atoms with van der Waals surface area (Å²) in [5, 5.41) is 2.98. The number of carbonyl (C=O) groups excluding carboxylic acids is 1. The molecule has 4 aromatic rings. The number of benzene rings is 2. The largest absolute Gasteiger partial charge is 0.371 e. The molecule has 3 heterocycles. The summed E-state index contributed by atoms with van der Waals surface area (Å²) >= 11 is 0. The van der Waals surface area contributed by atoms with Crippen LogP contribution >= 0.6 is 0 Å².